The van der Waals surface area contributed by atoms with Crippen molar-refractivity contribution >= 4 is 18.3 Å². The number of aromatic nitrogens is 1. The van der Waals surface area contributed by atoms with E-state index in [2.05, 4.69) is 24.1 Å². The lowest BCUT2D eigenvalue weighted by Gasteiger charge is -2.36. The smallest absolute Gasteiger partial charge is 0.255 e. The van der Waals surface area contributed by atoms with Crippen molar-refractivity contribution in [3.05, 3.63) is 34.2 Å². The minimum absolute atomic E-state index is 0. The van der Waals surface area contributed by atoms with E-state index in [0.717, 1.165) is 0 Å². The molecule has 1 saturated heterocycles. The van der Waals surface area contributed by atoms with Crippen LogP contribution in [0.4, 0.5) is 0 Å². The number of rotatable bonds is 1. The van der Waals surface area contributed by atoms with Crippen molar-refractivity contribution in [1.29, 1.82) is 0 Å². The molecule has 6 heteroatoms. The average molecular weight is 272 g/mol. The molecule has 2 N–H and O–H groups in total. The highest BCUT2D eigenvalue weighted by atomic mass is 35.5. The Kier molecular flexibility index (Phi) is 4.93. The first-order valence-electron chi connectivity index (χ1n) is 5.80. The van der Waals surface area contributed by atoms with E-state index >= 15 is 0 Å². The molecule has 0 bridgehead atoms. The van der Waals surface area contributed by atoms with Gasteiger partial charge in [0.05, 0.1) is 5.56 Å². The van der Waals surface area contributed by atoms with Crippen molar-refractivity contribution in [3.8, 4) is 0 Å². The number of carbonyl (C=O) groups is 1. The van der Waals surface area contributed by atoms with Gasteiger partial charge in [0.15, 0.2) is 0 Å². The van der Waals surface area contributed by atoms with Crippen LogP contribution in [0, 0.1) is 0 Å². The highest BCUT2D eigenvalue weighted by Gasteiger charge is 2.25. The van der Waals surface area contributed by atoms with Gasteiger partial charge >= 0.3 is 0 Å². The molecular formula is C12H18ClN3O2. The molecule has 0 saturated carbocycles. The molecule has 1 aromatic heterocycles. The molecule has 2 atom stereocenters. The van der Waals surface area contributed by atoms with Crippen LogP contribution in [0.1, 0.15) is 24.2 Å². The Morgan fingerprint density at radius 3 is 2.39 bits per heavy atom. The number of piperazine rings is 1. The molecule has 0 spiro atoms. The van der Waals surface area contributed by atoms with Gasteiger partial charge in [-0.2, -0.15) is 0 Å². The van der Waals surface area contributed by atoms with Crippen LogP contribution < -0.4 is 10.9 Å². The quantitative estimate of drug-likeness (QED) is 0.787. The standard InChI is InChI=1S/C12H17N3O2.ClH/c1-8-6-15(7-9(2)14-8)12(17)10-3-4-11(16)13-5-10;/h3-5,8-9,14H,6-7H2,1-2H3,(H,13,16);1H. The summed E-state index contributed by atoms with van der Waals surface area (Å²) in [6.07, 6.45) is 1.47. The zero-order valence-corrected chi connectivity index (χ0v) is 11.3. The first kappa shape index (κ1) is 14.7. The third-order valence-electron chi connectivity index (χ3n) is 2.88. The summed E-state index contributed by atoms with van der Waals surface area (Å²) in [6.45, 7) is 5.51. The first-order valence-corrected chi connectivity index (χ1v) is 5.80. The fraction of sp³-hybridized carbons (Fsp3) is 0.500. The molecule has 1 aliphatic rings. The van der Waals surface area contributed by atoms with Crippen LogP contribution in [-0.4, -0.2) is 41.0 Å². The lowest BCUT2D eigenvalue weighted by atomic mass is 10.1. The zero-order valence-electron chi connectivity index (χ0n) is 10.5. The molecule has 0 aliphatic carbocycles. The monoisotopic (exact) mass is 271 g/mol. The molecule has 5 nitrogen and oxygen atoms in total. The van der Waals surface area contributed by atoms with Gasteiger partial charge in [0.2, 0.25) is 5.56 Å². The number of aromatic amines is 1. The lowest BCUT2D eigenvalue weighted by Crippen LogP contribution is -2.55. The molecule has 1 aliphatic heterocycles. The second kappa shape index (κ2) is 6.02. The van der Waals surface area contributed by atoms with Crippen LogP contribution in [0.25, 0.3) is 0 Å². The molecular weight excluding hydrogens is 254 g/mol. The van der Waals surface area contributed by atoms with E-state index in [9.17, 15) is 9.59 Å². The second-order valence-corrected chi connectivity index (χ2v) is 4.62. The normalized spacial score (nSPS) is 23.3. The summed E-state index contributed by atoms with van der Waals surface area (Å²) >= 11 is 0. The minimum Gasteiger partial charge on any atom is -0.335 e. The number of hydrogen-bond acceptors (Lipinski definition) is 3. The number of H-pyrrole nitrogens is 1. The van der Waals surface area contributed by atoms with E-state index in [4.69, 9.17) is 0 Å². The van der Waals surface area contributed by atoms with Gasteiger partial charge in [-0.1, -0.05) is 0 Å². The molecule has 2 rings (SSSR count). The van der Waals surface area contributed by atoms with Crippen LogP contribution in [0.3, 0.4) is 0 Å². The molecule has 2 heterocycles. The third-order valence-corrected chi connectivity index (χ3v) is 2.88. The first-order chi connectivity index (χ1) is 8.06. The van der Waals surface area contributed by atoms with E-state index in [-0.39, 0.29) is 23.9 Å². The van der Waals surface area contributed by atoms with Gasteiger partial charge in [0.1, 0.15) is 0 Å². The van der Waals surface area contributed by atoms with Crippen molar-refractivity contribution in [2.45, 2.75) is 25.9 Å². The number of halogens is 1. The number of hydrogen-bond donors (Lipinski definition) is 2. The predicted octanol–water partition coefficient (Wildman–Crippen LogP) is 0.619. The second-order valence-electron chi connectivity index (χ2n) is 4.62. The maximum absolute atomic E-state index is 12.2. The van der Waals surface area contributed by atoms with Gasteiger partial charge in [0.25, 0.3) is 5.91 Å². The molecule has 1 fully saturated rings. The summed E-state index contributed by atoms with van der Waals surface area (Å²) < 4.78 is 0. The Labute approximate surface area is 112 Å². The number of nitrogens with one attached hydrogen (secondary N) is 2. The Morgan fingerprint density at radius 1 is 1.28 bits per heavy atom. The number of amides is 1. The third kappa shape index (κ3) is 3.34. The maximum Gasteiger partial charge on any atom is 0.255 e. The van der Waals surface area contributed by atoms with Gasteiger partial charge in [-0.05, 0) is 19.9 Å². The van der Waals surface area contributed by atoms with E-state index in [1.165, 1.54) is 12.3 Å². The van der Waals surface area contributed by atoms with Gasteiger partial charge in [-0.25, -0.2) is 0 Å². The largest absolute Gasteiger partial charge is 0.335 e. The summed E-state index contributed by atoms with van der Waals surface area (Å²) in [5, 5.41) is 3.37. The summed E-state index contributed by atoms with van der Waals surface area (Å²) in [4.78, 5) is 27.5. The van der Waals surface area contributed by atoms with Crippen LogP contribution in [0.15, 0.2) is 23.1 Å². The van der Waals surface area contributed by atoms with Crippen LogP contribution in [-0.2, 0) is 0 Å². The molecule has 100 valence electrons. The zero-order chi connectivity index (χ0) is 12.4. The van der Waals surface area contributed by atoms with E-state index in [0.29, 0.717) is 30.7 Å². The van der Waals surface area contributed by atoms with Crippen LogP contribution in [0.5, 0.6) is 0 Å². The number of nitrogens with zero attached hydrogens (tertiary/aromatic N) is 1. The van der Waals surface area contributed by atoms with Crippen molar-refractivity contribution in [3.63, 3.8) is 0 Å². The van der Waals surface area contributed by atoms with Gasteiger partial charge in [0, 0.05) is 37.4 Å². The maximum atomic E-state index is 12.2. The SMILES string of the molecule is CC1CN(C(=O)c2ccc(=O)[nH]c2)CC(C)N1.Cl. The van der Waals surface area contributed by atoms with Crippen LogP contribution >= 0.6 is 12.4 Å². The number of pyridine rings is 1. The average Bonchev–Trinajstić information content (AvgIpc) is 2.28. The predicted molar refractivity (Wildman–Crippen MR) is 72.3 cm³/mol. The van der Waals surface area contributed by atoms with Crippen molar-refractivity contribution < 1.29 is 4.79 Å². The highest BCUT2D eigenvalue weighted by molar-refractivity contribution is 5.94. The Balaban J connectivity index is 0.00000162. The Bertz CT molecular complexity index is 444. The Morgan fingerprint density at radius 2 is 1.89 bits per heavy atom. The van der Waals surface area contributed by atoms with E-state index in [1.54, 1.807) is 6.07 Å². The van der Waals surface area contributed by atoms with Crippen molar-refractivity contribution in [2.75, 3.05) is 13.1 Å². The summed E-state index contributed by atoms with van der Waals surface area (Å²) in [6, 6.07) is 3.54. The molecule has 1 amide bonds. The fourth-order valence-corrected chi connectivity index (χ4v) is 2.22. The van der Waals surface area contributed by atoms with Crippen molar-refractivity contribution in [1.82, 2.24) is 15.2 Å². The van der Waals surface area contributed by atoms with Crippen molar-refractivity contribution in [2.24, 2.45) is 0 Å². The Hall–Kier alpha value is -1.33. The van der Waals surface area contributed by atoms with Gasteiger partial charge in [-0.3, -0.25) is 9.59 Å². The summed E-state index contributed by atoms with van der Waals surface area (Å²) in [7, 11) is 0. The van der Waals surface area contributed by atoms with Gasteiger partial charge in [-0.15, -0.1) is 12.4 Å². The minimum atomic E-state index is -0.191. The fourth-order valence-electron chi connectivity index (χ4n) is 2.22. The van der Waals surface area contributed by atoms with E-state index in [1.807, 2.05) is 4.90 Å². The lowest BCUT2D eigenvalue weighted by molar-refractivity contribution is 0.0673. The topological polar surface area (TPSA) is 65.2 Å². The molecule has 0 radical (unpaired) electrons. The van der Waals surface area contributed by atoms with Crippen LogP contribution in [0.2, 0.25) is 0 Å². The van der Waals surface area contributed by atoms with E-state index < -0.39 is 0 Å². The molecule has 2 unspecified atom stereocenters. The number of carbonyl (C=O) groups excluding carboxylic acids is 1. The molecule has 0 aromatic carbocycles. The van der Waals surface area contributed by atoms with Gasteiger partial charge < -0.3 is 15.2 Å². The summed E-state index contributed by atoms with van der Waals surface area (Å²) in [5.41, 5.74) is 0.342. The summed E-state index contributed by atoms with van der Waals surface area (Å²) in [5.74, 6) is -0.0264. The highest BCUT2D eigenvalue weighted by Crippen LogP contribution is 2.08. The molecule has 1 aromatic rings. The molecule has 18 heavy (non-hydrogen) atoms.